The van der Waals surface area contributed by atoms with Crippen LogP contribution < -0.4 is 4.90 Å². The monoisotopic (exact) mass is 369 g/mol. The van der Waals surface area contributed by atoms with E-state index in [4.69, 9.17) is 16.6 Å². The van der Waals surface area contributed by atoms with Crippen LogP contribution in [-0.4, -0.2) is 26.1 Å². The van der Waals surface area contributed by atoms with Crippen LogP contribution in [-0.2, 0) is 6.54 Å². The molecule has 0 saturated heterocycles. The molecule has 1 aromatic carbocycles. The maximum atomic E-state index is 5.95. The highest BCUT2D eigenvalue weighted by Gasteiger charge is 2.14. The summed E-state index contributed by atoms with van der Waals surface area (Å²) < 4.78 is 1.84. The molecule has 0 aliphatic heterocycles. The van der Waals surface area contributed by atoms with Gasteiger partial charge in [-0.3, -0.25) is 4.98 Å². The lowest BCUT2D eigenvalue weighted by Crippen LogP contribution is -2.22. The predicted molar refractivity (Wildman–Crippen MR) is 102 cm³/mol. The molecule has 0 saturated carbocycles. The van der Waals surface area contributed by atoms with Gasteiger partial charge in [-0.25, -0.2) is 9.50 Å². The van der Waals surface area contributed by atoms with E-state index in [0.717, 1.165) is 45.2 Å². The van der Waals surface area contributed by atoms with Gasteiger partial charge in [-0.15, -0.1) is 5.10 Å². The normalized spacial score (nSPS) is 11.1. The van der Waals surface area contributed by atoms with Crippen molar-refractivity contribution in [2.24, 2.45) is 0 Å². The third-order valence-electron chi connectivity index (χ3n) is 3.90. The number of fused-ring (bicyclic) bond motifs is 1. The van der Waals surface area contributed by atoms with Crippen molar-refractivity contribution in [3.8, 4) is 11.3 Å². The Morgan fingerprint density at radius 2 is 2.00 bits per heavy atom. The zero-order valence-corrected chi connectivity index (χ0v) is 15.2. The van der Waals surface area contributed by atoms with E-state index >= 15 is 0 Å². The third-order valence-corrected chi connectivity index (χ3v) is 5.14. The van der Waals surface area contributed by atoms with Gasteiger partial charge in [0, 0.05) is 23.3 Å². The molecule has 5 nitrogen and oxygen atoms in total. The third kappa shape index (κ3) is 3.36. The first-order valence-corrected chi connectivity index (χ1v) is 9.19. The first kappa shape index (κ1) is 16.1. The molecule has 0 aliphatic carbocycles. The number of imidazole rings is 1. The summed E-state index contributed by atoms with van der Waals surface area (Å²) in [5, 5.41) is 6.35. The van der Waals surface area contributed by atoms with Crippen LogP contribution in [0.3, 0.4) is 0 Å². The van der Waals surface area contributed by atoms with Crippen LogP contribution in [0.5, 0.6) is 0 Å². The maximum absolute atomic E-state index is 5.95. The van der Waals surface area contributed by atoms with Gasteiger partial charge in [0.15, 0.2) is 0 Å². The number of rotatable bonds is 5. The van der Waals surface area contributed by atoms with Crippen LogP contribution in [0, 0.1) is 0 Å². The Labute approximate surface area is 154 Å². The van der Waals surface area contributed by atoms with Crippen LogP contribution in [0.25, 0.3) is 16.2 Å². The fraction of sp³-hybridized carbons (Fsp3) is 0.167. The molecule has 0 unspecified atom stereocenters. The average Bonchev–Trinajstić information content (AvgIpc) is 3.20. The molecular formula is C18H16ClN5S. The van der Waals surface area contributed by atoms with Crippen molar-refractivity contribution in [2.75, 3.05) is 11.4 Å². The molecule has 0 bridgehead atoms. The number of anilines is 1. The standard InChI is InChI=1S/C18H16ClN5S/c1-2-23(11-15-5-3-4-10-20-15)18-22-24-12-16(21-17(24)25-18)13-6-8-14(19)9-7-13/h3-10,12H,2,11H2,1H3. The second-order valence-corrected chi connectivity index (χ2v) is 6.95. The van der Waals surface area contributed by atoms with Gasteiger partial charge in [-0.05, 0) is 31.2 Å². The highest BCUT2D eigenvalue weighted by molar-refractivity contribution is 7.20. The lowest BCUT2D eigenvalue weighted by Gasteiger charge is -2.18. The van der Waals surface area contributed by atoms with E-state index in [-0.39, 0.29) is 0 Å². The van der Waals surface area contributed by atoms with Gasteiger partial charge in [0.05, 0.1) is 24.1 Å². The Morgan fingerprint density at radius 1 is 1.16 bits per heavy atom. The number of hydrogen-bond acceptors (Lipinski definition) is 5. The minimum atomic E-state index is 0.721. The van der Waals surface area contributed by atoms with Crippen molar-refractivity contribution in [2.45, 2.75) is 13.5 Å². The van der Waals surface area contributed by atoms with Crippen LogP contribution >= 0.6 is 22.9 Å². The molecule has 0 amide bonds. The van der Waals surface area contributed by atoms with Crippen LogP contribution in [0.2, 0.25) is 5.02 Å². The molecule has 0 N–H and O–H groups in total. The second kappa shape index (κ2) is 6.82. The predicted octanol–water partition coefficient (Wildman–Crippen LogP) is 4.53. The van der Waals surface area contributed by atoms with Gasteiger partial charge in [-0.1, -0.05) is 41.1 Å². The summed E-state index contributed by atoms with van der Waals surface area (Å²) in [5.41, 5.74) is 2.96. The summed E-state index contributed by atoms with van der Waals surface area (Å²) in [4.78, 5) is 12.2. The Kier molecular flexibility index (Phi) is 4.38. The fourth-order valence-electron chi connectivity index (χ4n) is 2.58. The molecule has 4 rings (SSSR count). The number of hydrogen-bond donors (Lipinski definition) is 0. The summed E-state index contributed by atoms with van der Waals surface area (Å²) >= 11 is 7.53. The summed E-state index contributed by atoms with van der Waals surface area (Å²) in [7, 11) is 0. The quantitative estimate of drug-likeness (QED) is 0.518. The number of pyridine rings is 1. The SMILES string of the molecule is CCN(Cc1ccccn1)c1nn2cc(-c3ccc(Cl)cc3)nc2s1. The van der Waals surface area contributed by atoms with E-state index in [1.807, 2.05) is 59.4 Å². The Balaban J connectivity index is 1.60. The molecule has 3 aromatic heterocycles. The number of aromatic nitrogens is 4. The average molecular weight is 370 g/mol. The number of nitrogens with zero attached hydrogens (tertiary/aromatic N) is 5. The Hall–Kier alpha value is -2.44. The largest absolute Gasteiger partial charge is 0.341 e. The summed E-state index contributed by atoms with van der Waals surface area (Å²) in [6.45, 7) is 3.71. The molecule has 7 heteroatoms. The fourth-order valence-corrected chi connectivity index (χ4v) is 3.65. The van der Waals surface area contributed by atoms with E-state index in [1.165, 1.54) is 0 Å². The molecule has 4 aromatic rings. The van der Waals surface area contributed by atoms with Crippen molar-refractivity contribution < 1.29 is 0 Å². The molecule has 0 atom stereocenters. The van der Waals surface area contributed by atoms with Gasteiger partial charge < -0.3 is 4.90 Å². The van der Waals surface area contributed by atoms with Crippen molar-refractivity contribution in [1.82, 2.24) is 19.6 Å². The number of halogens is 1. The molecule has 3 heterocycles. The first-order valence-electron chi connectivity index (χ1n) is 8.00. The van der Waals surface area contributed by atoms with Crippen LogP contribution in [0.1, 0.15) is 12.6 Å². The topological polar surface area (TPSA) is 46.3 Å². The van der Waals surface area contributed by atoms with Gasteiger partial charge in [0.25, 0.3) is 0 Å². The molecule has 0 fully saturated rings. The molecule has 25 heavy (non-hydrogen) atoms. The molecule has 0 spiro atoms. The Morgan fingerprint density at radius 3 is 2.68 bits per heavy atom. The number of benzene rings is 1. The van der Waals surface area contributed by atoms with Crippen molar-refractivity contribution >= 4 is 33.0 Å². The van der Waals surface area contributed by atoms with E-state index in [0.29, 0.717) is 0 Å². The van der Waals surface area contributed by atoms with Gasteiger partial charge >= 0.3 is 0 Å². The second-order valence-electron chi connectivity index (χ2n) is 5.58. The van der Waals surface area contributed by atoms with Crippen LogP contribution in [0.4, 0.5) is 5.13 Å². The van der Waals surface area contributed by atoms with E-state index in [9.17, 15) is 0 Å². The minimum Gasteiger partial charge on any atom is -0.341 e. The van der Waals surface area contributed by atoms with Crippen LogP contribution in [0.15, 0.2) is 54.9 Å². The molecule has 126 valence electrons. The van der Waals surface area contributed by atoms with Gasteiger partial charge in [-0.2, -0.15) is 0 Å². The Bertz CT molecular complexity index is 946. The smallest absolute Gasteiger partial charge is 0.214 e. The van der Waals surface area contributed by atoms with Gasteiger partial charge in [0.2, 0.25) is 10.1 Å². The summed E-state index contributed by atoms with van der Waals surface area (Å²) in [6, 6.07) is 13.6. The molecular weight excluding hydrogens is 354 g/mol. The molecule has 0 radical (unpaired) electrons. The zero-order chi connectivity index (χ0) is 17.2. The summed E-state index contributed by atoms with van der Waals surface area (Å²) in [5.74, 6) is 0. The first-order chi connectivity index (χ1) is 12.2. The van der Waals surface area contributed by atoms with Gasteiger partial charge in [0.1, 0.15) is 0 Å². The van der Waals surface area contributed by atoms with Crippen molar-refractivity contribution in [1.29, 1.82) is 0 Å². The highest BCUT2D eigenvalue weighted by Crippen LogP contribution is 2.27. The zero-order valence-electron chi connectivity index (χ0n) is 13.6. The van der Waals surface area contributed by atoms with Crippen molar-refractivity contribution in [3.05, 3.63) is 65.6 Å². The minimum absolute atomic E-state index is 0.721. The molecule has 0 aliphatic rings. The van der Waals surface area contributed by atoms with E-state index in [1.54, 1.807) is 11.3 Å². The summed E-state index contributed by atoms with van der Waals surface area (Å²) in [6.07, 6.45) is 3.77. The highest BCUT2D eigenvalue weighted by atomic mass is 35.5. The van der Waals surface area contributed by atoms with Crippen molar-refractivity contribution in [3.63, 3.8) is 0 Å². The lowest BCUT2D eigenvalue weighted by molar-refractivity contribution is 0.787. The van der Waals surface area contributed by atoms with E-state index in [2.05, 4.69) is 21.9 Å². The van der Waals surface area contributed by atoms with E-state index < -0.39 is 0 Å². The maximum Gasteiger partial charge on any atom is 0.214 e. The lowest BCUT2D eigenvalue weighted by atomic mass is 10.2.